The maximum atomic E-state index is 12.1. The van der Waals surface area contributed by atoms with Gasteiger partial charge in [-0.1, -0.05) is 59.6 Å². The van der Waals surface area contributed by atoms with Gasteiger partial charge >= 0.3 is 5.97 Å². The van der Waals surface area contributed by atoms with E-state index in [-0.39, 0.29) is 11.4 Å². The first kappa shape index (κ1) is 21.3. The van der Waals surface area contributed by atoms with Crippen LogP contribution < -0.4 is 4.74 Å². The lowest BCUT2D eigenvalue weighted by Gasteiger charge is -2.08. The lowest BCUT2D eigenvalue weighted by Crippen LogP contribution is -2.03. The highest BCUT2D eigenvalue weighted by atomic mass is 35.5. The first-order chi connectivity index (χ1) is 14.4. The third-order valence-corrected chi connectivity index (χ3v) is 4.58. The molecule has 7 heteroatoms. The molecule has 3 rings (SSSR count). The van der Waals surface area contributed by atoms with Crippen LogP contribution in [0.3, 0.4) is 0 Å². The quantitative estimate of drug-likeness (QED) is 0.110. The molecule has 5 nitrogen and oxygen atoms in total. The van der Waals surface area contributed by atoms with Crippen molar-refractivity contribution in [1.82, 2.24) is 0 Å². The van der Waals surface area contributed by atoms with Crippen LogP contribution >= 0.6 is 23.2 Å². The Morgan fingerprint density at radius 3 is 1.80 bits per heavy atom. The third kappa shape index (κ3) is 5.80. The standard InChI is InChI=1S/C23H15Cl2NO4/c24-18-8-4-16(5-9-18)22(17-6-10-19(25)11-7-17)2-1-3-23(27)30-21-14-12-20(13-15-21)26(28)29/h1-15H. The number of hydrogen-bond acceptors (Lipinski definition) is 4. The molecule has 0 spiro atoms. The number of hydrogen-bond donors (Lipinski definition) is 0. The fraction of sp³-hybridized carbons (Fsp3) is 0. The Hall–Kier alpha value is -3.41. The molecule has 0 atom stereocenters. The van der Waals surface area contributed by atoms with E-state index in [1.165, 1.54) is 30.3 Å². The molecule has 0 saturated carbocycles. The molecule has 0 aromatic heterocycles. The molecule has 0 N–H and O–H groups in total. The van der Waals surface area contributed by atoms with E-state index in [1.54, 1.807) is 36.4 Å². The molecule has 0 unspecified atom stereocenters. The van der Waals surface area contributed by atoms with E-state index in [0.29, 0.717) is 10.0 Å². The summed E-state index contributed by atoms with van der Waals surface area (Å²) in [6, 6.07) is 19.9. The van der Waals surface area contributed by atoms with Crippen molar-refractivity contribution in [2.75, 3.05) is 0 Å². The van der Waals surface area contributed by atoms with Crippen molar-refractivity contribution in [3.05, 3.63) is 122 Å². The molecule has 0 amide bonds. The largest absolute Gasteiger partial charge is 0.423 e. The zero-order chi connectivity index (χ0) is 21.5. The molecule has 0 heterocycles. The van der Waals surface area contributed by atoms with Gasteiger partial charge in [-0.05, 0) is 53.1 Å². The first-order valence-corrected chi connectivity index (χ1v) is 9.54. The minimum Gasteiger partial charge on any atom is -0.423 e. The number of esters is 1. The van der Waals surface area contributed by atoms with E-state index in [9.17, 15) is 14.9 Å². The van der Waals surface area contributed by atoms with Gasteiger partial charge in [0, 0.05) is 28.3 Å². The van der Waals surface area contributed by atoms with Crippen LogP contribution in [0.25, 0.3) is 5.57 Å². The average Bonchev–Trinajstić information content (AvgIpc) is 2.73. The van der Waals surface area contributed by atoms with Crippen molar-refractivity contribution in [1.29, 1.82) is 0 Å². The van der Waals surface area contributed by atoms with E-state index in [0.717, 1.165) is 16.7 Å². The molecule has 0 aliphatic rings. The lowest BCUT2D eigenvalue weighted by atomic mass is 9.97. The zero-order valence-electron chi connectivity index (χ0n) is 15.5. The number of nitro groups is 1. The van der Waals surface area contributed by atoms with E-state index < -0.39 is 10.9 Å². The van der Waals surface area contributed by atoms with Crippen LogP contribution in [0.5, 0.6) is 5.75 Å². The molecular weight excluding hydrogens is 425 g/mol. The zero-order valence-corrected chi connectivity index (χ0v) is 17.0. The topological polar surface area (TPSA) is 69.4 Å². The molecule has 0 radical (unpaired) electrons. The smallest absolute Gasteiger partial charge is 0.336 e. The van der Waals surface area contributed by atoms with Crippen molar-refractivity contribution < 1.29 is 14.5 Å². The summed E-state index contributed by atoms with van der Waals surface area (Å²) in [6.45, 7) is 0. The highest BCUT2D eigenvalue weighted by molar-refractivity contribution is 6.31. The van der Waals surface area contributed by atoms with E-state index in [4.69, 9.17) is 27.9 Å². The minimum atomic E-state index is -0.605. The summed E-state index contributed by atoms with van der Waals surface area (Å²) in [5.41, 5.74) is 2.61. The molecule has 3 aromatic rings. The van der Waals surface area contributed by atoms with Crippen LogP contribution in [-0.2, 0) is 4.79 Å². The van der Waals surface area contributed by atoms with Crippen molar-refractivity contribution in [3.8, 4) is 5.75 Å². The number of halogens is 2. The van der Waals surface area contributed by atoms with E-state index in [2.05, 4.69) is 0 Å². The first-order valence-electron chi connectivity index (χ1n) is 8.79. The lowest BCUT2D eigenvalue weighted by molar-refractivity contribution is -0.384. The van der Waals surface area contributed by atoms with Gasteiger partial charge in [-0.25, -0.2) is 4.79 Å². The van der Waals surface area contributed by atoms with Gasteiger partial charge in [-0.2, -0.15) is 0 Å². The van der Waals surface area contributed by atoms with Gasteiger partial charge in [0.15, 0.2) is 0 Å². The summed E-state index contributed by atoms with van der Waals surface area (Å²) in [7, 11) is 0. The molecular formula is C23H15Cl2NO4. The fourth-order valence-electron chi connectivity index (χ4n) is 2.63. The number of carbonyl (C=O) groups is 1. The van der Waals surface area contributed by atoms with E-state index >= 15 is 0 Å². The van der Waals surface area contributed by atoms with Crippen LogP contribution in [0, 0.1) is 10.1 Å². The maximum absolute atomic E-state index is 12.1. The number of rotatable bonds is 6. The third-order valence-electron chi connectivity index (χ3n) is 4.07. The van der Waals surface area contributed by atoms with Crippen LogP contribution in [0.1, 0.15) is 11.1 Å². The van der Waals surface area contributed by atoms with Gasteiger partial charge in [0.05, 0.1) is 4.92 Å². The molecule has 0 aliphatic heterocycles. The molecule has 0 saturated heterocycles. The maximum Gasteiger partial charge on any atom is 0.336 e. The molecule has 0 fully saturated rings. The highest BCUT2D eigenvalue weighted by Gasteiger charge is 2.07. The number of nitrogens with zero attached hydrogens (tertiary/aromatic N) is 1. The Kier molecular flexibility index (Phi) is 7.01. The van der Waals surface area contributed by atoms with E-state index in [1.807, 2.05) is 24.3 Å². The normalized spacial score (nSPS) is 10.6. The second-order valence-corrected chi connectivity index (χ2v) is 7.00. The van der Waals surface area contributed by atoms with Crippen LogP contribution in [0.2, 0.25) is 10.0 Å². The summed E-state index contributed by atoms with van der Waals surface area (Å²) in [4.78, 5) is 22.2. The highest BCUT2D eigenvalue weighted by Crippen LogP contribution is 2.26. The summed E-state index contributed by atoms with van der Waals surface area (Å²) in [5, 5.41) is 11.9. The summed E-state index contributed by atoms with van der Waals surface area (Å²) in [6.07, 6.45) is 4.63. The number of benzene rings is 3. The number of carbonyl (C=O) groups excluding carboxylic acids is 1. The van der Waals surface area contributed by atoms with Crippen LogP contribution in [-0.4, -0.2) is 10.9 Å². The van der Waals surface area contributed by atoms with Gasteiger partial charge in [0.25, 0.3) is 5.69 Å². The van der Waals surface area contributed by atoms with Gasteiger partial charge in [-0.15, -0.1) is 0 Å². The molecule has 0 bridgehead atoms. The monoisotopic (exact) mass is 439 g/mol. The van der Waals surface area contributed by atoms with Gasteiger partial charge in [0.1, 0.15) is 5.75 Å². The molecule has 3 aromatic carbocycles. The van der Waals surface area contributed by atoms with Crippen molar-refractivity contribution in [2.45, 2.75) is 0 Å². The van der Waals surface area contributed by atoms with Crippen molar-refractivity contribution in [3.63, 3.8) is 0 Å². The number of ether oxygens (including phenoxy) is 1. The molecule has 30 heavy (non-hydrogen) atoms. The molecule has 150 valence electrons. The molecule has 0 aliphatic carbocycles. The summed E-state index contributed by atoms with van der Waals surface area (Å²) >= 11 is 12.0. The Morgan fingerprint density at radius 2 is 1.33 bits per heavy atom. The number of allylic oxidation sites excluding steroid dienone is 2. The predicted octanol–water partition coefficient (Wildman–Crippen LogP) is 6.50. The van der Waals surface area contributed by atoms with Crippen molar-refractivity contribution >= 4 is 40.4 Å². The minimum absolute atomic E-state index is 0.0798. The average molecular weight is 440 g/mol. The van der Waals surface area contributed by atoms with Gasteiger partial charge in [0.2, 0.25) is 0 Å². The SMILES string of the molecule is O=C(C=CC=C(c1ccc(Cl)cc1)c1ccc(Cl)cc1)Oc1ccc([N+](=O)[O-])cc1. The number of nitro benzene ring substituents is 1. The Bertz CT molecular complexity index is 1060. The predicted molar refractivity (Wildman–Crippen MR) is 118 cm³/mol. The van der Waals surface area contributed by atoms with Crippen LogP contribution in [0.15, 0.2) is 91.0 Å². The Balaban J connectivity index is 1.79. The summed E-state index contributed by atoms with van der Waals surface area (Å²) < 4.78 is 5.16. The van der Waals surface area contributed by atoms with Crippen molar-refractivity contribution in [2.24, 2.45) is 0 Å². The van der Waals surface area contributed by atoms with Gasteiger partial charge < -0.3 is 4.74 Å². The Labute approximate surface area is 183 Å². The second-order valence-electron chi connectivity index (χ2n) is 6.13. The second kappa shape index (κ2) is 9.87. The van der Waals surface area contributed by atoms with Gasteiger partial charge in [-0.3, -0.25) is 10.1 Å². The summed E-state index contributed by atoms with van der Waals surface area (Å²) in [5.74, 6) is -0.387. The van der Waals surface area contributed by atoms with Crippen LogP contribution in [0.4, 0.5) is 5.69 Å². The fourth-order valence-corrected chi connectivity index (χ4v) is 2.88. The Morgan fingerprint density at radius 1 is 0.833 bits per heavy atom. The number of non-ortho nitro benzene ring substituents is 1.